The van der Waals surface area contributed by atoms with Crippen molar-refractivity contribution in [3.05, 3.63) is 70.7 Å². The maximum atomic E-state index is 14.8. The van der Waals surface area contributed by atoms with E-state index in [1.807, 2.05) is 19.9 Å². The summed E-state index contributed by atoms with van der Waals surface area (Å²) in [7, 11) is 1.78. The Morgan fingerprint density at radius 2 is 1.88 bits per heavy atom. The molecule has 0 saturated carbocycles. The number of aromatic nitrogens is 3. The number of halogens is 2. The van der Waals surface area contributed by atoms with E-state index >= 15 is 0 Å². The molecule has 5 nitrogen and oxygen atoms in total. The van der Waals surface area contributed by atoms with Crippen LogP contribution in [-0.2, 0) is 17.6 Å². The average Bonchev–Trinajstić information content (AvgIpc) is 3.12. The molecule has 0 N–H and O–H groups in total. The highest BCUT2D eigenvalue weighted by molar-refractivity contribution is 5.87. The molecule has 0 fully saturated rings. The van der Waals surface area contributed by atoms with E-state index in [0.29, 0.717) is 11.4 Å². The predicted molar refractivity (Wildman–Crippen MR) is 85.0 cm³/mol. The van der Waals surface area contributed by atoms with Crippen LogP contribution in [0.4, 0.5) is 8.78 Å². The van der Waals surface area contributed by atoms with Gasteiger partial charge in [0.1, 0.15) is 17.2 Å². The summed E-state index contributed by atoms with van der Waals surface area (Å²) in [5.41, 5.74) is 3.11. The number of aryl methyl sites for hydroxylation is 2. The fourth-order valence-corrected chi connectivity index (χ4v) is 4.01. The van der Waals surface area contributed by atoms with Gasteiger partial charge >= 0.3 is 17.5 Å². The largest absolute Gasteiger partial charge is 0.579 e. The monoisotopic (exact) mass is 355 g/mol. The van der Waals surface area contributed by atoms with Crippen molar-refractivity contribution in [2.24, 2.45) is 7.05 Å². The normalized spacial score (nSPS) is 19.5. The smallest absolute Gasteiger partial charge is 0.329 e. The molecule has 0 amide bonds. The number of pyridine rings is 1. The lowest BCUT2D eigenvalue weighted by Gasteiger charge is -2.13. The number of carbonyl (C=O) groups is 1. The van der Waals surface area contributed by atoms with Gasteiger partial charge in [0.2, 0.25) is 5.69 Å². The average molecular weight is 355 g/mol. The Labute approximate surface area is 147 Å². The summed E-state index contributed by atoms with van der Waals surface area (Å²) in [6.45, 7) is 3.74. The predicted octanol–water partition coefficient (Wildman–Crippen LogP) is 1.85. The molecule has 1 atom stereocenters. The number of hydrogen-bond donors (Lipinski definition) is 0. The van der Waals surface area contributed by atoms with E-state index < -0.39 is 23.5 Å². The van der Waals surface area contributed by atoms with Crippen molar-refractivity contribution in [3.63, 3.8) is 0 Å². The topological polar surface area (TPSA) is 39.0 Å². The van der Waals surface area contributed by atoms with Gasteiger partial charge in [0.15, 0.2) is 11.8 Å². The number of nitrogens with zero attached hydrogens (tertiary/aromatic N) is 3. The minimum Gasteiger partial charge on any atom is -0.329 e. The summed E-state index contributed by atoms with van der Waals surface area (Å²) in [5.74, 6) is -3.43. The molecule has 3 aromatic rings. The minimum absolute atomic E-state index is 0.238. The van der Waals surface area contributed by atoms with Gasteiger partial charge in [0.05, 0.1) is 12.7 Å². The first-order chi connectivity index (χ1) is 12.3. The van der Waals surface area contributed by atoms with Crippen molar-refractivity contribution in [2.75, 3.05) is 0 Å². The van der Waals surface area contributed by atoms with Gasteiger partial charge in [-0.1, -0.05) is 4.57 Å². The van der Waals surface area contributed by atoms with E-state index in [-0.39, 0.29) is 11.1 Å². The Morgan fingerprint density at radius 1 is 1.12 bits per heavy atom. The quantitative estimate of drug-likeness (QED) is 0.456. The van der Waals surface area contributed by atoms with E-state index in [1.165, 1.54) is 6.07 Å². The van der Waals surface area contributed by atoms with Gasteiger partial charge in [-0.3, -0.25) is 0 Å². The maximum Gasteiger partial charge on any atom is 0.579 e. The van der Waals surface area contributed by atoms with Gasteiger partial charge < -0.3 is 4.74 Å². The zero-order chi connectivity index (χ0) is 18.4. The molecule has 1 unspecified atom stereocenters. The number of esters is 1. The standard InChI is InChI=1S/C19H15F2N3O2/c1-10-4-5-23-15(6-10)17-13(8-12(20)9-14(17)21)19(23)24-16(18(25)26-19)7-11(2)22(24)3/h4-9H,1-3H3/q+2. The Kier molecular flexibility index (Phi) is 2.65. The molecule has 0 saturated heterocycles. The van der Waals surface area contributed by atoms with Crippen molar-refractivity contribution >= 4 is 5.97 Å². The van der Waals surface area contributed by atoms with E-state index in [0.717, 1.165) is 17.3 Å². The van der Waals surface area contributed by atoms with Crippen LogP contribution in [-0.4, -0.2) is 10.7 Å². The summed E-state index contributed by atoms with van der Waals surface area (Å²) in [4.78, 5) is 12.6. The zero-order valence-corrected chi connectivity index (χ0v) is 14.4. The van der Waals surface area contributed by atoms with Gasteiger partial charge in [-0.15, -0.1) is 0 Å². The zero-order valence-electron chi connectivity index (χ0n) is 14.4. The molecular weight excluding hydrogens is 340 g/mol. The molecule has 26 heavy (non-hydrogen) atoms. The van der Waals surface area contributed by atoms with Crippen molar-refractivity contribution in [1.29, 1.82) is 0 Å². The molecule has 2 aliphatic heterocycles. The van der Waals surface area contributed by atoms with Gasteiger partial charge in [0, 0.05) is 28.9 Å². The fraction of sp³-hybridized carbons (Fsp3) is 0.211. The van der Waals surface area contributed by atoms with Gasteiger partial charge in [-0.2, -0.15) is 4.68 Å². The van der Waals surface area contributed by atoms with Crippen molar-refractivity contribution < 1.29 is 27.6 Å². The number of benzene rings is 1. The third-order valence-corrected chi connectivity index (χ3v) is 5.21. The lowest BCUT2D eigenvalue weighted by Crippen LogP contribution is -2.74. The van der Waals surface area contributed by atoms with Crippen molar-refractivity contribution in [3.8, 4) is 11.3 Å². The molecule has 0 bridgehead atoms. The second-order valence-electron chi connectivity index (χ2n) is 6.77. The van der Waals surface area contributed by atoms with Crippen LogP contribution in [0, 0.1) is 25.5 Å². The second kappa shape index (κ2) is 4.55. The van der Waals surface area contributed by atoms with Gasteiger partial charge in [-0.25, -0.2) is 13.6 Å². The third-order valence-electron chi connectivity index (χ3n) is 5.21. The van der Waals surface area contributed by atoms with Gasteiger partial charge in [-0.05, 0) is 25.5 Å². The summed E-state index contributed by atoms with van der Waals surface area (Å²) in [6.07, 6.45) is 1.74. The van der Waals surface area contributed by atoms with Crippen LogP contribution in [0.3, 0.4) is 0 Å². The Balaban J connectivity index is 1.99. The highest BCUT2D eigenvalue weighted by Gasteiger charge is 2.73. The number of rotatable bonds is 0. The lowest BCUT2D eigenvalue weighted by molar-refractivity contribution is -1.03. The molecule has 2 aromatic heterocycles. The van der Waals surface area contributed by atoms with Crippen molar-refractivity contribution in [2.45, 2.75) is 19.7 Å². The SMILES string of the molecule is Cc1cc[n+]2c(c1)-c1c(F)cc(F)cc1C21OC(=O)c2cc(C)n(C)[n+]21. The molecule has 1 spiro atoms. The van der Waals surface area contributed by atoms with Crippen LogP contribution in [0.15, 0.2) is 36.5 Å². The minimum atomic E-state index is -1.49. The van der Waals surface area contributed by atoms with E-state index in [4.69, 9.17) is 4.74 Å². The molecule has 0 aliphatic carbocycles. The number of hydrogen-bond acceptors (Lipinski definition) is 2. The molecular formula is C19H15F2N3O2+2. The van der Waals surface area contributed by atoms with Crippen molar-refractivity contribution in [1.82, 2.24) is 4.68 Å². The molecule has 5 rings (SSSR count). The fourth-order valence-electron chi connectivity index (χ4n) is 4.01. The van der Waals surface area contributed by atoms with Crippen LogP contribution >= 0.6 is 0 Å². The second-order valence-corrected chi connectivity index (χ2v) is 6.77. The summed E-state index contributed by atoms with van der Waals surface area (Å²) in [5, 5.41) is 0. The summed E-state index contributed by atoms with van der Waals surface area (Å²) < 4.78 is 39.8. The summed E-state index contributed by atoms with van der Waals surface area (Å²) >= 11 is 0. The molecule has 1 aromatic carbocycles. The Morgan fingerprint density at radius 3 is 2.65 bits per heavy atom. The molecule has 0 radical (unpaired) electrons. The van der Waals surface area contributed by atoms with E-state index in [1.54, 1.807) is 39.3 Å². The first-order valence-corrected chi connectivity index (χ1v) is 8.20. The van der Waals surface area contributed by atoms with E-state index in [2.05, 4.69) is 0 Å². The number of carbonyl (C=O) groups excluding carboxylic acids is 1. The molecule has 130 valence electrons. The number of ether oxygens (including phenoxy) is 1. The van der Waals surface area contributed by atoms with Crippen LogP contribution < -0.4 is 9.25 Å². The number of fused-ring (bicyclic) bond motifs is 7. The highest BCUT2D eigenvalue weighted by atomic mass is 19.1. The molecule has 7 heteroatoms. The molecule has 4 heterocycles. The van der Waals surface area contributed by atoms with E-state index in [9.17, 15) is 13.6 Å². The van der Waals surface area contributed by atoms with Crippen LogP contribution in [0.1, 0.15) is 27.3 Å². The Hall–Kier alpha value is -3.09. The highest BCUT2D eigenvalue weighted by Crippen LogP contribution is 2.41. The van der Waals surface area contributed by atoms with Gasteiger partial charge in [0.25, 0.3) is 0 Å². The van der Waals surface area contributed by atoms with Crippen LogP contribution in [0.5, 0.6) is 0 Å². The molecule has 2 aliphatic rings. The lowest BCUT2D eigenvalue weighted by atomic mass is 10.0. The third kappa shape index (κ3) is 1.56. The first kappa shape index (κ1) is 15.2. The first-order valence-electron chi connectivity index (χ1n) is 8.20. The van der Waals surface area contributed by atoms with Crippen LogP contribution in [0.25, 0.3) is 11.3 Å². The maximum absolute atomic E-state index is 14.8. The Bertz CT molecular complexity index is 1150. The van der Waals surface area contributed by atoms with Crippen LogP contribution in [0.2, 0.25) is 0 Å². The summed E-state index contributed by atoms with van der Waals surface area (Å²) in [6, 6.07) is 7.44.